The number of alkyl halides is 2. The summed E-state index contributed by atoms with van der Waals surface area (Å²) in [6, 6.07) is 1.98. The molecular formula is C27H35F4N5O5. The Morgan fingerprint density at radius 1 is 1.20 bits per heavy atom. The van der Waals surface area contributed by atoms with Gasteiger partial charge in [-0.2, -0.15) is 0 Å². The minimum Gasteiger partial charge on any atom is -0.394 e. The normalized spacial score (nSPS) is 32.0. The molecular weight excluding hydrogens is 550 g/mol. The Kier molecular flexibility index (Phi) is 8.95. The summed E-state index contributed by atoms with van der Waals surface area (Å²) in [6.07, 6.45) is -1.12. The molecule has 3 aliphatic rings. The van der Waals surface area contributed by atoms with Crippen LogP contribution in [0.15, 0.2) is 23.5 Å². The van der Waals surface area contributed by atoms with Crippen LogP contribution in [0.25, 0.3) is 11.3 Å². The summed E-state index contributed by atoms with van der Waals surface area (Å²) < 4.78 is 67.1. The highest BCUT2D eigenvalue weighted by Crippen LogP contribution is 2.41. The van der Waals surface area contributed by atoms with Gasteiger partial charge in [0.25, 0.3) is 6.43 Å². The van der Waals surface area contributed by atoms with Crippen LogP contribution in [0.2, 0.25) is 0 Å². The van der Waals surface area contributed by atoms with E-state index < -0.39 is 60.7 Å². The summed E-state index contributed by atoms with van der Waals surface area (Å²) in [4.78, 5) is 5.87. The molecule has 0 bridgehead atoms. The third-order valence-electron chi connectivity index (χ3n) is 8.39. The molecule has 14 heteroatoms. The largest absolute Gasteiger partial charge is 0.394 e. The van der Waals surface area contributed by atoms with Gasteiger partial charge in [-0.1, -0.05) is 16.4 Å². The smallest absolute Gasteiger partial charge is 0.250 e. The quantitative estimate of drug-likeness (QED) is 0.384. The van der Waals surface area contributed by atoms with Crippen molar-refractivity contribution in [1.82, 2.24) is 20.3 Å². The number of oxime groups is 1. The number of aromatic nitrogens is 3. The van der Waals surface area contributed by atoms with Gasteiger partial charge in [-0.05, 0) is 44.2 Å². The van der Waals surface area contributed by atoms with Crippen molar-refractivity contribution in [2.75, 3.05) is 20.3 Å². The van der Waals surface area contributed by atoms with E-state index in [4.69, 9.17) is 14.3 Å². The predicted octanol–water partition coefficient (Wildman–Crippen LogP) is 2.91. The molecule has 0 amide bonds. The third kappa shape index (κ3) is 6.12. The highest BCUT2D eigenvalue weighted by molar-refractivity contribution is 5.86. The summed E-state index contributed by atoms with van der Waals surface area (Å²) in [5.74, 6) is -2.03. The van der Waals surface area contributed by atoms with Crippen molar-refractivity contribution >= 4 is 5.71 Å². The van der Waals surface area contributed by atoms with E-state index in [9.17, 15) is 27.8 Å². The first-order chi connectivity index (χ1) is 19.6. The number of hydrogen-bond donors (Lipinski definition) is 3. The number of aliphatic hydroxyl groups excluding tert-OH is 2. The molecule has 5 atom stereocenters. The van der Waals surface area contributed by atoms with Crippen molar-refractivity contribution < 1.29 is 42.1 Å². The molecule has 2 aromatic rings. The van der Waals surface area contributed by atoms with E-state index in [2.05, 4.69) is 20.8 Å². The van der Waals surface area contributed by atoms with Crippen LogP contribution in [0.1, 0.15) is 50.1 Å². The minimum absolute atomic E-state index is 0.00633. The average molecular weight is 586 g/mol. The number of nitrogens with zero attached hydrogens (tertiary/aromatic N) is 4. The monoisotopic (exact) mass is 585 g/mol. The number of aliphatic hydroxyl groups is 2. The van der Waals surface area contributed by atoms with Gasteiger partial charge in [-0.25, -0.2) is 22.2 Å². The summed E-state index contributed by atoms with van der Waals surface area (Å²) in [5, 5.41) is 36.4. The van der Waals surface area contributed by atoms with Gasteiger partial charge in [-0.3, -0.25) is 0 Å². The Labute approximate surface area is 234 Å². The van der Waals surface area contributed by atoms with Crippen molar-refractivity contribution in [1.29, 1.82) is 0 Å². The average Bonchev–Trinajstić information content (AvgIpc) is 3.59. The number of halogens is 4. The van der Waals surface area contributed by atoms with Gasteiger partial charge in [0.1, 0.15) is 35.6 Å². The minimum atomic E-state index is -2.39. The maximum absolute atomic E-state index is 14.6. The molecule has 3 N–H and O–H groups in total. The topological polar surface area (TPSA) is 123 Å². The molecule has 10 nitrogen and oxygen atoms in total. The Bertz CT molecular complexity index is 1240. The number of hydrogen-bond acceptors (Lipinski definition) is 9. The fourth-order valence-corrected chi connectivity index (χ4v) is 6.13. The second-order valence-electron chi connectivity index (χ2n) is 11.1. The molecule has 0 unspecified atom stereocenters. The Morgan fingerprint density at radius 2 is 1.95 bits per heavy atom. The summed E-state index contributed by atoms with van der Waals surface area (Å²) >= 11 is 0. The van der Waals surface area contributed by atoms with E-state index in [0.29, 0.717) is 32.1 Å². The Morgan fingerprint density at radius 3 is 2.63 bits per heavy atom. The second kappa shape index (κ2) is 12.3. The van der Waals surface area contributed by atoms with E-state index in [1.54, 1.807) is 0 Å². The van der Waals surface area contributed by atoms with Crippen molar-refractivity contribution in [2.45, 2.75) is 94.0 Å². The SMILES string of the molecule is CO[C@@H]1[C@@H](n2cc(-c3ccc(C)c(F)c3F)nn2)[C@@H](O)[C@@H](CO)O[C@@H]1CC1=NOC2(CCC(NCC(F)F)CC2)C1. The van der Waals surface area contributed by atoms with E-state index in [0.717, 1.165) is 5.71 Å². The predicted molar refractivity (Wildman–Crippen MR) is 138 cm³/mol. The van der Waals surface area contributed by atoms with Gasteiger partial charge < -0.3 is 29.8 Å². The van der Waals surface area contributed by atoms with Crippen LogP contribution < -0.4 is 5.32 Å². The summed E-state index contributed by atoms with van der Waals surface area (Å²) in [7, 11) is 1.45. The Balaban J connectivity index is 1.30. The molecule has 5 rings (SSSR count). The second-order valence-corrected chi connectivity index (χ2v) is 11.1. The van der Waals surface area contributed by atoms with Crippen molar-refractivity contribution in [3.05, 3.63) is 35.5 Å². The molecule has 1 aromatic heterocycles. The van der Waals surface area contributed by atoms with Crippen molar-refractivity contribution in [2.24, 2.45) is 5.16 Å². The van der Waals surface area contributed by atoms with Crippen LogP contribution in [0.4, 0.5) is 17.6 Å². The number of nitrogens with one attached hydrogen (secondary N) is 1. The molecule has 41 heavy (non-hydrogen) atoms. The molecule has 1 spiro atoms. The van der Waals surface area contributed by atoms with Gasteiger partial charge in [-0.15, -0.1) is 5.10 Å². The molecule has 1 saturated carbocycles. The zero-order chi connectivity index (χ0) is 29.3. The number of aryl methyl sites for hydroxylation is 1. The summed E-state index contributed by atoms with van der Waals surface area (Å²) in [5.41, 5.74) is 0.371. The molecule has 1 saturated heterocycles. The first kappa shape index (κ1) is 29.8. The van der Waals surface area contributed by atoms with Crippen LogP contribution in [0.5, 0.6) is 0 Å². The lowest BCUT2D eigenvalue weighted by Crippen LogP contribution is -2.57. The van der Waals surface area contributed by atoms with Crippen LogP contribution in [0, 0.1) is 18.6 Å². The van der Waals surface area contributed by atoms with Crippen LogP contribution in [-0.4, -0.2) is 93.7 Å². The van der Waals surface area contributed by atoms with Crippen LogP contribution in [0.3, 0.4) is 0 Å². The van der Waals surface area contributed by atoms with E-state index in [1.807, 2.05) is 0 Å². The standard InChI is InChI=1S/C27H35F4N5O5/c1-14-3-4-17(23(31)22(14)30)18-12-36(35-33-18)24-25(38)20(13-37)40-19(26(24)39-2)9-16-10-27(41-34-16)7-5-15(6-8-27)32-11-21(28)29/h3-4,12,15,19-21,24-26,32,37-38H,5-11,13H2,1-2H3/t15?,19-,20-,24+,25+,26+,27?/m1/s1. The zero-order valence-electron chi connectivity index (χ0n) is 22.9. The highest BCUT2D eigenvalue weighted by Gasteiger charge is 2.49. The maximum Gasteiger partial charge on any atom is 0.250 e. The number of ether oxygens (including phenoxy) is 2. The van der Waals surface area contributed by atoms with E-state index in [1.165, 1.54) is 37.0 Å². The van der Waals surface area contributed by atoms with Crippen molar-refractivity contribution in [3.8, 4) is 11.3 Å². The fourth-order valence-electron chi connectivity index (χ4n) is 6.13. The van der Waals surface area contributed by atoms with Gasteiger partial charge in [0.05, 0.1) is 31.2 Å². The third-order valence-corrected chi connectivity index (χ3v) is 8.39. The summed E-state index contributed by atoms with van der Waals surface area (Å²) in [6.45, 7) is 0.640. The van der Waals surface area contributed by atoms with Gasteiger partial charge in [0, 0.05) is 31.6 Å². The molecule has 3 heterocycles. The number of methoxy groups -OCH3 is 1. The number of benzene rings is 1. The lowest BCUT2D eigenvalue weighted by atomic mass is 9.78. The van der Waals surface area contributed by atoms with Crippen molar-refractivity contribution in [3.63, 3.8) is 0 Å². The first-order valence-corrected chi connectivity index (χ1v) is 13.7. The van der Waals surface area contributed by atoms with E-state index in [-0.39, 0.29) is 35.8 Å². The molecule has 226 valence electrons. The van der Waals surface area contributed by atoms with Crippen LogP contribution >= 0.6 is 0 Å². The lowest BCUT2D eigenvalue weighted by molar-refractivity contribution is -0.210. The first-order valence-electron chi connectivity index (χ1n) is 13.7. The maximum atomic E-state index is 14.6. The van der Waals surface area contributed by atoms with Gasteiger partial charge in [0.15, 0.2) is 11.6 Å². The Hall–Kier alpha value is -2.65. The molecule has 1 aromatic carbocycles. The van der Waals surface area contributed by atoms with E-state index >= 15 is 0 Å². The lowest BCUT2D eigenvalue weighted by Gasteiger charge is -2.43. The molecule has 2 aliphatic heterocycles. The van der Waals surface area contributed by atoms with Gasteiger partial charge >= 0.3 is 0 Å². The van der Waals surface area contributed by atoms with Crippen LogP contribution in [-0.2, 0) is 14.3 Å². The number of rotatable bonds is 9. The molecule has 2 fully saturated rings. The highest BCUT2D eigenvalue weighted by atomic mass is 19.3. The fraction of sp³-hybridized carbons (Fsp3) is 0.667. The molecule has 1 aliphatic carbocycles. The zero-order valence-corrected chi connectivity index (χ0v) is 22.9. The molecule has 0 radical (unpaired) electrons. The van der Waals surface area contributed by atoms with Gasteiger partial charge in [0.2, 0.25) is 0 Å².